The third-order valence-corrected chi connectivity index (χ3v) is 3.51. The number of hydrogen-bond donors (Lipinski definition) is 1. The standard InChI is InChI=1S/C11H11N3S2/c1-15-10-6-11(14-7-13-10)16-9-4-2-8(12)3-5-9/h2-7H,12H2,1H3. The molecule has 0 aliphatic heterocycles. The van der Waals surface area contributed by atoms with Gasteiger partial charge in [0.1, 0.15) is 16.4 Å². The van der Waals surface area contributed by atoms with Gasteiger partial charge in [-0.1, -0.05) is 11.8 Å². The van der Waals surface area contributed by atoms with Crippen molar-refractivity contribution in [2.24, 2.45) is 0 Å². The maximum Gasteiger partial charge on any atom is 0.118 e. The van der Waals surface area contributed by atoms with Crippen LogP contribution >= 0.6 is 23.5 Å². The second kappa shape index (κ2) is 5.23. The van der Waals surface area contributed by atoms with Crippen LogP contribution in [0.4, 0.5) is 5.69 Å². The Kier molecular flexibility index (Phi) is 3.69. The molecule has 1 heterocycles. The molecule has 0 radical (unpaired) electrons. The van der Waals surface area contributed by atoms with Crippen LogP contribution in [-0.2, 0) is 0 Å². The molecule has 3 nitrogen and oxygen atoms in total. The average molecular weight is 249 g/mol. The zero-order chi connectivity index (χ0) is 11.4. The Morgan fingerprint density at radius 2 is 1.75 bits per heavy atom. The number of thioether (sulfide) groups is 1. The molecular weight excluding hydrogens is 238 g/mol. The molecule has 0 amide bonds. The largest absolute Gasteiger partial charge is 0.399 e. The van der Waals surface area contributed by atoms with E-state index in [2.05, 4.69) is 9.97 Å². The number of nitrogen functional groups attached to an aromatic ring is 1. The van der Waals surface area contributed by atoms with E-state index in [4.69, 9.17) is 5.73 Å². The summed E-state index contributed by atoms with van der Waals surface area (Å²) in [4.78, 5) is 9.47. The summed E-state index contributed by atoms with van der Waals surface area (Å²) in [5, 5.41) is 1.93. The monoisotopic (exact) mass is 249 g/mol. The van der Waals surface area contributed by atoms with Gasteiger partial charge in [-0.15, -0.1) is 11.8 Å². The molecule has 1 aromatic carbocycles. The number of nitrogens with zero attached hydrogens (tertiary/aromatic N) is 2. The predicted octanol–water partition coefficient (Wildman–Crippen LogP) is 2.93. The van der Waals surface area contributed by atoms with Gasteiger partial charge in [0.05, 0.1) is 0 Å². The number of rotatable bonds is 3. The molecular formula is C11H11N3S2. The Balaban J connectivity index is 2.16. The number of aromatic nitrogens is 2. The van der Waals surface area contributed by atoms with Gasteiger partial charge in [0, 0.05) is 16.6 Å². The van der Waals surface area contributed by atoms with Crippen molar-refractivity contribution in [2.45, 2.75) is 14.9 Å². The van der Waals surface area contributed by atoms with E-state index in [1.165, 1.54) is 0 Å². The van der Waals surface area contributed by atoms with Crippen LogP contribution < -0.4 is 5.73 Å². The maximum absolute atomic E-state index is 5.63. The van der Waals surface area contributed by atoms with Crippen molar-refractivity contribution in [2.75, 3.05) is 12.0 Å². The summed E-state index contributed by atoms with van der Waals surface area (Å²) >= 11 is 3.22. The molecule has 0 bridgehead atoms. The molecule has 0 spiro atoms. The SMILES string of the molecule is CSc1cc(Sc2ccc(N)cc2)ncn1. The van der Waals surface area contributed by atoms with E-state index in [1.54, 1.807) is 29.9 Å². The van der Waals surface area contributed by atoms with Crippen LogP contribution in [0, 0.1) is 0 Å². The molecule has 0 saturated carbocycles. The molecule has 82 valence electrons. The summed E-state index contributed by atoms with van der Waals surface area (Å²) in [6.45, 7) is 0. The van der Waals surface area contributed by atoms with Crippen molar-refractivity contribution < 1.29 is 0 Å². The van der Waals surface area contributed by atoms with Crippen molar-refractivity contribution in [3.05, 3.63) is 36.7 Å². The van der Waals surface area contributed by atoms with Crippen molar-refractivity contribution >= 4 is 29.2 Å². The van der Waals surface area contributed by atoms with E-state index in [0.29, 0.717) is 0 Å². The minimum absolute atomic E-state index is 0.775. The van der Waals surface area contributed by atoms with Gasteiger partial charge in [0.25, 0.3) is 0 Å². The van der Waals surface area contributed by atoms with Crippen LogP contribution in [0.3, 0.4) is 0 Å². The Morgan fingerprint density at radius 3 is 2.44 bits per heavy atom. The van der Waals surface area contributed by atoms with Gasteiger partial charge in [-0.3, -0.25) is 0 Å². The summed E-state index contributed by atoms with van der Waals surface area (Å²) in [7, 11) is 0. The molecule has 2 rings (SSSR count). The van der Waals surface area contributed by atoms with Gasteiger partial charge in [-0.05, 0) is 30.5 Å². The van der Waals surface area contributed by atoms with Gasteiger partial charge in [-0.25, -0.2) is 9.97 Å². The van der Waals surface area contributed by atoms with Crippen LogP contribution in [0.1, 0.15) is 0 Å². The van der Waals surface area contributed by atoms with E-state index in [-0.39, 0.29) is 0 Å². The lowest BCUT2D eigenvalue weighted by atomic mass is 10.3. The highest BCUT2D eigenvalue weighted by atomic mass is 32.2. The van der Waals surface area contributed by atoms with E-state index in [9.17, 15) is 0 Å². The van der Waals surface area contributed by atoms with Crippen LogP contribution in [0.15, 0.2) is 51.6 Å². The zero-order valence-electron chi connectivity index (χ0n) is 8.75. The fourth-order valence-corrected chi connectivity index (χ4v) is 2.39. The lowest BCUT2D eigenvalue weighted by Crippen LogP contribution is -1.86. The molecule has 5 heteroatoms. The van der Waals surface area contributed by atoms with E-state index in [1.807, 2.05) is 36.6 Å². The van der Waals surface area contributed by atoms with Crippen LogP contribution in [0.2, 0.25) is 0 Å². The van der Waals surface area contributed by atoms with Crippen LogP contribution in [-0.4, -0.2) is 16.2 Å². The molecule has 0 unspecified atom stereocenters. The highest BCUT2D eigenvalue weighted by Crippen LogP contribution is 2.27. The molecule has 0 fully saturated rings. The van der Waals surface area contributed by atoms with E-state index in [0.717, 1.165) is 20.6 Å². The summed E-state index contributed by atoms with van der Waals surface area (Å²) in [5.41, 5.74) is 6.40. The van der Waals surface area contributed by atoms with Gasteiger partial charge in [-0.2, -0.15) is 0 Å². The first-order valence-corrected chi connectivity index (χ1v) is 6.71. The summed E-state index contributed by atoms with van der Waals surface area (Å²) in [6.07, 6.45) is 3.59. The summed E-state index contributed by atoms with van der Waals surface area (Å²) < 4.78 is 0. The fraction of sp³-hybridized carbons (Fsp3) is 0.0909. The van der Waals surface area contributed by atoms with Crippen molar-refractivity contribution in [1.82, 2.24) is 9.97 Å². The number of hydrogen-bond acceptors (Lipinski definition) is 5. The second-order valence-electron chi connectivity index (χ2n) is 3.07. The lowest BCUT2D eigenvalue weighted by molar-refractivity contribution is 0.964. The smallest absolute Gasteiger partial charge is 0.118 e. The van der Waals surface area contributed by atoms with Crippen molar-refractivity contribution in [1.29, 1.82) is 0 Å². The number of benzene rings is 1. The molecule has 0 aliphatic rings. The molecule has 0 atom stereocenters. The first-order valence-electron chi connectivity index (χ1n) is 4.67. The van der Waals surface area contributed by atoms with Gasteiger partial charge >= 0.3 is 0 Å². The minimum Gasteiger partial charge on any atom is -0.399 e. The Hall–Kier alpha value is -1.20. The minimum atomic E-state index is 0.775. The maximum atomic E-state index is 5.63. The molecule has 0 saturated heterocycles. The second-order valence-corrected chi connectivity index (χ2v) is 4.99. The zero-order valence-corrected chi connectivity index (χ0v) is 10.4. The van der Waals surface area contributed by atoms with Crippen molar-refractivity contribution in [3.63, 3.8) is 0 Å². The summed E-state index contributed by atoms with van der Waals surface area (Å²) in [6, 6.07) is 9.73. The predicted molar refractivity (Wildman–Crippen MR) is 68.8 cm³/mol. The Labute approximate surface area is 103 Å². The lowest BCUT2D eigenvalue weighted by Gasteiger charge is -2.02. The van der Waals surface area contributed by atoms with Crippen LogP contribution in [0.5, 0.6) is 0 Å². The first-order chi connectivity index (χ1) is 7.78. The topological polar surface area (TPSA) is 51.8 Å². The van der Waals surface area contributed by atoms with Gasteiger partial charge in [0.2, 0.25) is 0 Å². The molecule has 1 aromatic heterocycles. The highest BCUT2D eigenvalue weighted by Gasteiger charge is 2.00. The van der Waals surface area contributed by atoms with Gasteiger partial charge < -0.3 is 5.73 Å². The van der Waals surface area contributed by atoms with Crippen molar-refractivity contribution in [3.8, 4) is 0 Å². The van der Waals surface area contributed by atoms with Gasteiger partial charge in [0.15, 0.2) is 0 Å². The first kappa shape index (κ1) is 11.3. The molecule has 16 heavy (non-hydrogen) atoms. The Bertz CT molecular complexity index is 471. The third kappa shape index (κ3) is 2.90. The number of nitrogens with two attached hydrogens (primary N) is 1. The highest BCUT2D eigenvalue weighted by molar-refractivity contribution is 7.99. The van der Waals surface area contributed by atoms with E-state index >= 15 is 0 Å². The van der Waals surface area contributed by atoms with Crippen LogP contribution in [0.25, 0.3) is 0 Å². The number of anilines is 1. The third-order valence-electron chi connectivity index (χ3n) is 1.93. The fourth-order valence-electron chi connectivity index (χ4n) is 1.15. The normalized spacial score (nSPS) is 10.3. The summed E-state index contributed by atoms with van der Waals surface area (Å²) in [5.74, 6) is 0. The Morgan fingerprint density at radius 1 is 1.06 bits per heavy atom. The van der Waals surface area contributed by atoms with E-state index < -0.39 is 0 Å². The molecule has 2 aromatic rings. The quantitative estimate of drug-likeness (QED) is 0.515. The molecule has 2 N–H and O–H groups in total. The molecule has 0 aliphatic carbocycles. The average Bonchev–Trinajstić information content (AvgIpc) is 2.32.